The largest absolute Gasteiger partial charge is 0.319 e. The summed E-state index contributed by atoms with van der Waals surface area (Å²) in [7, 11) is 0. The molecular formula is C12H14N4. The van der Waals surface area contributed by atoms with Crippen LogP contribution in [0.1, 0.15) is 25.1 Å². The van der Waals surface area contributed by atoms with E-state index in [4.69, 9.17) is 5.73 Å². The maximum atomic E-state index is 6.28. The van der Waals surface area contributed by atoms with Crippen molar-refractivity contribution in [3.05, 3.63) is 42.5 Å². The highest BCUT2D eigenvalue weighted by molar-refractivity contribution is 5.33. The molecule has 1 heterocycles. The molecule has 82 valence electrons. The smallest absolute Gasteiger partial charge is 0.157 e. The molecule has 2 aromatic rings. The lowest BCUT2D eigenvalue weighted by Crippen LogP contribution is -2.45. The first-order valence-corrected chi connectivity index (χ1v) is 5.54. The van der Waals surface area contributed by atoms with Gasteiger partial charge >= 0.3 is 0 Å². The lowest BCUT2D eigenvalue weighted by atomic mass is 9.77. The minimum atomic E-state index is -0.271. The SMILES string of the molecule is NC1(c2nncn2-c2ccccc2)CCC1. The highest BCUT2D eigenvalue weighted by Gasteiger charge is 2.38. The zero-order valence-corrected chi connectivity index (χ0v) is 9.00. The Morgan fingerprint density at radius 2 is 1.94 bits per heavy atom. The van der Waals surface area contributed by atoms with Gasteiger partial charge in [-0.3, -0.25) is 4.57 Å². The van der Waals surface area contributed by atoms with Crippen LogP contribution in [0.2, 0.25) is 0 Å². The van der Waals surface area contributed by atoms with E-state index in [2.05, 4.69) is 10.2 Å². The predicted octanol–water partition coefficient (Wildman–Crippen LogP) is 1.61. The summed E-state index contributed by atoms with van der Waals surface area (Å²) in [5.41, 5.74) is 7.08. The van der Waals surface area contributed by atoms with E-state index in [1.165, 1.54) is 6.42 Å². The van der Waals surface area contributed by atoms with Crippen LogP contribution in [0.4, 0.5) is 0 Å². The normalized spacial score (nSPS) is 18.1. The minimum absolute atomic E-state index is 0.271. The van der Waals surface area contributed by atoms with Crippen molar-refractivity contribution in [3.63, 3.8) is 0 Å². The predicted molar refractivity (Wildman–Crippen MR) is 61.1 cm³/mol. The Morgan fingerprint density at radius 3 is 2.56 bits per heavy atom. The highest BCUT2D eigenvalue weighted by Crippen LogP contribution is 2.38. The molecule has 0 saturated heterocycles. The van der Waals surface area contributed by atoms with Gasteiger partial charge in [0.25, 0.3) is 0 Å². The van der Waals surface area contributed by atoms with Gasteiger partial charge in [0.15, 0.2) is 5.82 Å². The molecule has 4 nitrogen and oxygen atoms in total. The molecular weight excluding hydrogens is 200 g/mol. The van der Waals surface area contributed by atoms with Gasteiger partial charge in [0.05, 0.1) is 5.54 Å². The van der Waals surface area contributed by atoms with Crippen molar-refractivity contribution >= 4 is 0 Å². The van der Waals surface area contributed by atoms with Crippen LogP contribution in [-0.4, -0.2) is 14.8 Å². The first kappa shape index (κ1) is 9.54. The van der Waals surface area contributed by atoms with Crippen molar-refractivity contribution < 1.29 is 0 Å². The number of aromatic nitrogens is 3. The van der Waals surface area contributed by atoms with Crippen LogP contribution in [0.5, 0.6) is 0 Å². The van der Waals surface area contributed by atoms with Crippen molar-refractivity contribution in [2.45, 2.75) is 24.8 Å². The second-order valence-corrected chi connectivity index (χ2v) is 4.37. The third kappa shape index (κ3) is 1.34. The van der Waals surface area contributed by atoms with Crippen LogP contribution in [0.15, 0.2) is 36.7 Å². The van der Waals surface area contributed by atoms with Gasteiger partial charge in [-0.15, -0.1) is 10.2 Å². The molecule has 16 heavy (non-hydrogen) atoms. The third-order valence-corrected chi connectivity index (χ3v) is 3.27. The fourth-order valence-electron chi connectivity index (χ4n) is 2.13. The van der Waals surface area contributed by atoms with Crippen molar-refractivity contribution in [3.8, 4) is 5.69 Å². The highest BCUT2D eigenvalue weighted by atomic mass is 15.3. The van der Waals surface area contributed by atoms with E-state index < -0.39 is 0 Å². The van der Waals surface area contributed by atoms with E-state index in [0.717, 1.165) is 24.4 Å². The Labute approximate surface area is 94.1 Å². The lowest BCUT2D eigenvalue weighted by Gasteiger charge is -2.36. The summed E-state index contributed by atoms with van der Waals surface area (Å²) in [6.07, 6.45) is 4.91. The Kier molecular flexibility index (Phi) is 2.04. The monoisotopic (exact) mass is 214 g/mol. The van der Waals surface area contributed by atoms with Crippen LogP contribution in [0, 0.1) is 0 Å². The summed E-state index contributed by atoms with van der Waals surface area (Å²) in [4.78, 5) is 0. The van der Waals surface area contributed by atoms with E-state index >= 15 is 0 Å². The molecule has 0 aliphatic heterocycles. The Morgan fingerprint density at radius 1 is 1.19 bits per heavy atom. The molecule has 1 aliphatic carbocycles. The van der Waals surface area contributed by atoms with Gasteiger partial charge in [-0.25, -0.2) is 0 Å². The van der Waals surface area contributed by atoms with E-state index in [9.17, 15) is 0 Å². The number of nitrogens with zero attached hydrogens (tertiary/aromatic N) is 3. The molecule has 1 aromatic heterocycles. The van der Waals surface area contributed by atoms with Crippen LogP contribution < -0.4 is 5.73 Å². The number of hydrogen-bond acceptors (Lipinski definition) is 3. The van der Waals surface area contributed by atoms with Crippen molar-refractivity contribution in [2.75, 3.05) is 0 Å². The van der Waals surface area contributed by atoms with Gasteiger partial charge < -0.3 is 5.73 Å². The molecule has 2 N–H and O–H groups in total. The van der Waals surface area contributed by atoms with Crippen molar-refractivity contribution in [2.24, 2.45) is 5.73 Å². The number of rotatable bonds is 2. The van der Waals surface area contributed by atoms with Gasteiger partial charge in [0.1, 0.15) is 6.33 Å². The van der Waals surface area contributed by atoms with Crippen LogP contribution >= 0.6 is 0 Å². The maximum Gasteiger partial charge on any atom is 0.157 e. The molecule has 0 unspecified atom stereocenters. The summed E-state index contributed by atoms with van der Waals surface area (Å²) >= 11 is 0. The van der Waals surface area contributed by atoms with Gasteiger partial charge in [-0.1, -0.05) is 18.2 Å². The summed E-state index contributed by atoms with van der Waals surface area (Å²) < 4.78 is 1.99. The van der Waals surface area contributed by atoms with Crippen LogP contribution in [0.3, 0.4) is 0 Å². The molecule has 1 aromatic carbocycles. The van der Waals surface area contributed by atoms with E-state index in [-0.39, 0.29) is 5.54 Å². The molecule has 1 fully saturated rings. The zero-order chi connectivity index (χ0) is 11.0. The number of hydrogen-bond donors (Lipinski definition) is 1. The van der Waals surface area contributed by atoms with Crippen LogP contribution in [-0.2, 0) is 5.54 Å². The first-order chi connectivity index (χ1) is 7.80. The molecule has 4 heteroatoms. The summed E-state index contributed by atoms with van der Waals surface area (Å²) in [5, 5.41) is 8.15. The standard InChI is InChI=1S/C12H14N4/c13-12(7-4-8-12)11-15-14-9-16(11)10-5-2-1-3-6-10/h1-3,5-6,9H,4,7-8,13H2. The molecule has 0 bridgehead atoms. The molecule has 0 atom stereocenters. The van der Waals surface area contributed by atoms with E-state index in [1.807, 2.05) is 34.9 Å². The number of benzene rings is 1. The van der Waals surface area contributed by atoms with Crippen LogP contribution in [0.25, 0.3) is 5.69 Å². The Balaban J connectivity index is 2.06. The minimum Gasteiger partial charge on any atom is -0.319 e. The lowest BCUT2D eigenvalue weighted by molar-refractivity contribution is 0.235. The summed E-state index contributed by atoms with van der Waals surface area (Å²) in [5.74, 6) is 0.880. The van der Waals surface area contributed by atoms with Gasteiger partial charge in [0, 0.05) is 5.69 Å². The summed E-state index contributed by atoms with van der Waals surface area (Å²) in [6, 6.07) is 10.1. The molecule has 0 amide bonds. The maximum absolute atomic E-state index is 6.28. The second-order valence-electron chi connectivity index (χ2n) is 4.37. The van der Waals surface area contributed by atoms with Gasteiger partial charge in [-0.05, 0) is 31.4 Å². The van der Waals surface area contributed by atoms with Gasteiger partial charge in [-0.2, -0.15) is 0 Å². The average molecular weight is 214 g/mol. The molecule has 0 radical (unpaired) electrons. The fourth-order valence-corrected chi connectivity index (χ4v) is 2.13. The molecule has 1 aliphatic rings. The number of nitrogens with two attached hydrogens (primary N) is 1. The number of para-hydroxylation sites is 1. The third-order valence-electron chi connectivity index (χ3n) is 3.27. The Bertz CT molecular complexity index is 485. The second kappa shape index (κ2) is 3.42. The zero-order valence-electron chi connectivity index (χ0n) is 9.00. The topological polar surface area (TPSA) is 56.7 Å². The average Bonchev–Trinajstić information content (AvgIpc) is 2.76. The summed E-state index contributed by atoms with van der Waals surface area (Å²) in [6.45, 7) is 0. The molecule has 3 rings (SSSR count). The van der Waals surface area contributed by atoms with E-state index in [1.54, 1.807) is 6.33 Å². The Hall–Kier alpha value is -1.68. The fraction of sp³-hybridized carbons (Fsp3) is 0.333. The van der Waals surface area contributed by atoms with Gasteiger partial charge in [0.2, 0.25) is 0 Å². The molecule has 1 saturated carbocycles. The van der Waals surface area contributed by atoms with E-state index in [0.29, 0.717) is 0 Å². The van der Waals surface area contributed by atoms with Crippen molar-refractivity contribution in [1.82, 2.24) is 14.8 Å². The quantitative estimate of drug-likeness (QED) is 0.826. The first-order valence-electron chi connectivity index (χ1n) is 5.54. The van der Waals surface area contributed by atoms with Crippen molar-refractivity contribution in [1.29, 1.82) is 0 Å². The molecule has 0 spiro atoms.